The number of halogens is 1. The summed E-state index contributed by atoms with van der Waals surface area (Å²) < 4.78 is 18.9. The van der Waals surface area contributed by atoms with Gasteiger partial charge >= 0.3 is 0 Å². The molecule has 0 spiro atoms. The largest absolute Gasteiger partial charge is 0.493 e. The molecule has 2 saturated heterocycles. The first-order chi connectivity index (χ1) is 12.7. The maximum Gasteiger partial charge on any atom is 0.225 e. The van der Waals surface area contributed by atoms with E-state index >= 15 is 0 Å². The third-order valence-electron chi connectivity index (χ3n) is 5.06. The van der Waals surface area contributed by atoms with E-state index in [1.807, 2.05) is 12.1 Å². The Morgan fingerprint density at radius 2 is 1.92 bits per heavy atom. The van der Waals surface area contributed by atoms with Crippen LogP contribution >= 0.6 is 0 Å². The van der Waals surface area contributed by atoms with Gasteiger partial charge in [0.2, 0.25) is 5.95 Å². The lowest BCUT2D eigenvalue weighted by Gasteiger charge is -2.37. The molecule has 4 rings (SSSR count). The summed E-state index contributed by atoms with van der Waals surface area (Å²) in [4.78, 5) is 12.8. The lowest BCUT2D eigenvalue weighted by atomic mass is 10.1. The second-order valence-electron chi connectivity index (χ2n) is 6.84. The average Bonchev–Trinajstić information content (AvgIpc) is 3.09. The monoisotopic (exact) mass is 353 g/mol. The molecule has 2 atom stereocenters. The minimum Gasteiger partial charge on any atom is -0.493 e. The first-order valence-corrected chi connectivity index (χ1v) is 8.81. The van der Waals surface area contributed by atoms with E-state index in [-0.39, 0.29) is 0 Å². The molecule has 0 aliphatic carbocycles. The van der Waals surface area contributed by atoms with Gasteiger partial charge in [-0.3, -0.25) is 4.90 Å². The first-order valence-electron chi connectivity index (χ1n) is 8.81. The summed E-state index contributed by atoms with van der Waals surface area (Å²) in [7, 11) is 0. The van der Waals surface area contributed by atoms with Gasteiger partial charge in [0.25, 0.3) is 0 Å². The minimum atomic E-state index is -0.409. The van der Waals surface area contributed by atoms with E-state index in [9.17, 15) is 4.39 Å². The number of hydrogen-bond donors (Lipinski definition) is 0. The molecule has 7 heteroatoms. The summed E-state index contributed by atoms with van der Waals surface area (Å²) in [6, 6.07) is 9.79. The predicted octanol–water partition coefficient (Wildman–Crippen LogP) is 2.08. The summed E-state index contributed by atoms with van der Waals surface area (Å²) >= 11 is 0. The summed E-state index contributed by atoms with van der Waals surface area (Å²) in [5, 5.41) is 8.84. The maximum atomic E-state index is 13.0. The van der Waals surface area contributed by atoms with E-state index in [0.29, 0.717) is 30.1 Å². The SMILES string of the molecule is N#Cc1ccc(OCC2CC3CN(c4ncc(F)cn4)CCN3C2)cc1. The zero-order chi connectivity index (χ0) is 17.9. The fraction of sp³-hybridized carbons (Fsp3) is 0.421. The van der Waals surface area contributed by atoms with Crippen LogP contribution < -0.4 is 9.64 Å². The molecule has 0 radical (unpaired) electrons. The number of ether oxygens (including phenoxy) is 1. The molecule has 0 saturated carbocycles. The summed E-state index contributed by atoms with van der Waals surface area (Å²) in [6.45, 7) is 4.37. The topological polar surface area (TPSA) is 65.3 Å². The Labute approximate surface area is 151 Å². The summed E-state index contributed by atoms with van der Waals surface area (Å²) in [6.07, 6.45) is 3.50. The van der Waals surface area contributed by atoms with Gasteiger partial charge in [0.15, 0.2) is 5.82 Å². The van der Waals surface area contributed by atoms with Gasteiger partial charge in [-0.1, -0.05) is 0 Å². The van der Waals surface area contributed by atoms with Crippen molar-refractivity contribution in [1.29, 1.82) is 5.26 Å². The van der Waals surface area contributed by atoms with Crippen molar-refractivity contribution in [2.24, 2.45) is 5.92 Å². The van der Waals surface area contributed by atoms with Crippen molar-refractivity contribution in [1.82, 2.24) is 14.9 Å². The molecule has 1 aromatic carbocycles. The van der Waals surface area contributed by atoms with Crippen LogP contribution in [-0.4, -0.2) is 53.7 Å². The van der Waals surface area contributed by atoms with E-state index < -0.39 is 5.82 Å². The van der Waals surface area contributed by atoms with Crippen molar-refractivity contribution in [3.8, 4) is 11.8 Å². The minimum absolute atomic E-state index is 0.409. The molecular formula is C19H20FN5O. The van der Waals surface area contributed by atoms with E-state index in [0.717, 1.165) is 38.3 Å². The van der Waals surface area contributed by atoms with Crippen LogP contribution in [0, 0.1) is 23.1 Å². The van der Waals surface area contributed by atoms with Crippen LogP contribution in [0.15, 0.2) is 36.7 Å². The lowest BCUT2D eigenvalue weighted by Crippen LogP contribution is -2.50. The summed E-state index contributed by atoms with van der Waals surface area (Å²) in [5.74, 6) is 1.47. The molecule has 2 unspecified atom stereocenters. The summed E-state index contributed by atoms with van der Waals surface area (Å²) in [5.41, 5.74) is 0.637. The van der Waals surface area contributed by atoms with Gasteiger partial charge in [0, 0.05) is 38.1 Å². The number of rotatable bonds is 4. The highest BCUT2D eigenvalue weighted by Crippen LogP contribution is 2.28. The quantitative estimate of drug-likeness (QED) is 0.838. The standard InChI is InChI=1S/C19H20FN5O/c20-16-9-22-19(23-10-16)25-6-5-24-11-15(7-17(24)12-25)13-26-18-3-1-14(8-21)2-4-18/h1-4,9-10,15,17H,5-7,11-13H2. The van der Waals surface area contributed by atoms with Gasteiger partial charge in [-0.25, -0.2) is 14.4 Å². The predicted molar refractivity (Wildman–Crippen MR) is 94.3 cm³/mol. The maximum absolute atomic E-state index is 13.0. The second-order valence-corrected chi connectivity index (χ2v) is 6.84. The second kappa shape index (κ2) is 7.26. The van der Waals surface area contributed by atoms with Crippen molar-refractivity contribution in [3.05, 3.63) is 48.0 Å². The smallest absolute Gasteiger partial charge is 0.225 e. The third-order valence-corrected chi connectivity index (χ3v) is 5.06. The Morgan fingerprint density at radius 1 is 1.15 bits per heavy atom. The van der Waals surface area contributed by atoms with E-state index in [2.05, 4.69) is 25.8 Å². The number of fused-ring (bicyclic) bond motifs is 1. The fourth-order valence-corrected chi connectivity index (χ4v) is 3.76. The third kappa shape index (κ3) is 3.60. The van der Waals surface area contributed by atoms with Gasteiger partial charge in [-0.05, 0) is 30.7 Å². The van der Waals surface area contributed by atoms with Gasteiger partial charge < -0.3 is 9.64 Å². The van der Waals surface area contributed by atoms with Gasteiger partial charge in [0.1, 0.15) is 5.75 Å². The molecule has 0 amide bonds. The van der Waals surface area contributed by atoms with E-state index in [4.69, 9.17) is 10.00 Å². The Hall–Kier alpha value is -2.72. The van der Waals surface area contributed by atoms with Crippen LogP contribution in [-0.2, 0) is 0 Å². The van der Waals surface area contributed by atoms with E-state index in [1.54, 1.807) is 12.1 Å². The van der Waals surface area contributed by atoms with Crippen LogP contribution in [0.1, 0.15) is 12.0 Å². The van der Waals surface area contributed by atoms with Crippen LogP contribution in [0.4, 0.5) is 10.3 Å². The van der Waals surface area contributed by atoms with Crippen molar-refractivity contribution < 1.29 is 9.13 Å². The molecule has 3 heterocycles. The molecule has 6 nitrogen and oxygen atoms in total. The number of aromatic nitrogens is 2. The molecule has 2 fully saturated rings. The number of nitrogens with zero attached hydrogens (tertiary/aromatic N) is 5. The Bertz CT molecular complexity index is 789. The number of benzene rings is 1. The number of anilines is 1. The molecular weight excluding hydrogens is 333 g/mol. The normalized spacial score (nSPS) is 22.7. The zero-order valence-electron chi connectivity index (χ0n) is 14.4. The first kappa shape index (κ1) is 16.7. The average molecular weight is 353 g/mol. The Morgan fingerprint density at radius 3 is 2.65 bits per heavy atom. The highest BCUT2D eigenvalue weighted by molar-refractivity contribution is 5.34. The van der Waals surface area contributed by atoms with Gasteiger partial charge in [-0.15, -0.1) is 0 Å². The molecule has 0 bridgehead atoms. The highest BCUT2D eigenvalue weighted by atomic mass is 19.1. The van der Waals surface area contributed by atoms with Crippen molar-refractivity contribution in [3.63, 3.8) is 0 Å². The molecule has 1 aromatic heterocycles. The molecule has 2 aromatic rings. The molecule has 2 aliphatic heterocycles. The number of nitriles is 1. The molecule has 0 N–H and O–H groups in total. The fourth-order valence-electron chi connectivity index (χ4n) is 3.76. The van der Waals surface area contributed by atoms with E-state index in [1.165, 1.54) is 12.4 Å². The highest BCUT2D eigenvalue weighted by Gasteiger charge is 2.37. The Kier molecular flexibility index (Phi) is 4.67. The molecule has 2 aliphatic rings. The number of hydrogen-bond acceptors (Lipinski definition) is 6. The van der Waals surface area contributed by atoms with Crippen molar-refractivity contribution in [2.45, 2.75) is 12.5 Å². The van der Waals surface area contributed by atoms with Crippen LogP contribution in [0.2, 0.25) is 0 Å². The van der Waals surface area contributed by atoms with Gasteiger partial charge in [-0.2, -0.15) is 5.26 Å². The molecule has 134 valence electrons. The van der Waals surface area contributed by atoms with Crippen LogP contribution in [0.5, 0.6) is 5.75 Å². The lowest BCUT2D eigenvalue weighted by molar-refractivity contribution is 0.216. The van der Waals surface area contributed by atoms with Crippen LogP contribution in [0.25, 0.3) is 0 Å². The Balaban J connectivity index is 1.31. The van der Waals surface area contributed by atoms with Crippen LogP contribution in [0.3, 0.4) is 0 Å². The van der Waals surface area contributed by atoms with Gasteiger partial charge in [0.05, 0.1) is 30.6 Å². The zero-order valence-corrected chi connectivity index (χ0v) is 14.4. The number of piperazine rings is 1. The van der Waals surface area contributed by atoms with Crippen molar-refractivity contribution in [2.75, 3.05) is 37.7 Å². The molecule has 26 heavy (non-hydrogen) atoms. The van der Waals surface area contributed by atoms with Crippen molar-refractivity contribution >= 4 is 5.95 Å².